The standard InChI is InChI=1S/C23H27N3O3S/c1-3-5-10-15-24-21(27)16-30-23-25-18-12-7-6-11-17(18)22(28)26(23)19-13-8-9-14-20(19)29-4-2/h6-9,11-14H,3-5,10,15-16H2,1-2H3,(H,24,27). The third kappa shape index (κ3) is 5.21. The predicted octanol–water partition coefficient (Wildman–Crippen LogP) is 4.18. The Labute approximate surface area is 180 Å². The van der Waals surface area contributed by atoms with E-state index in [2.05, 4.69) is 17.2 Å². The van der Waals surface area contributed by atoms with Crippen LogP contribution in [0, 0.1) is 0 Å². The molecule has 0 saturated carbocycles. The van der Waals surface area contributed by atoms with E-state index in [1.807, 2.05) is 49.4 Å². The van der Waals surface area contributed by atoms with Crippen LogP contribution in [0.25, 0.3) is 16.6 Å². The van der Waals surface area contributed by atoms with Gasteiger partial charge in [0.25, 0.3) is 5.56 Å². The maximum absolute atomic E-state index is 13.3. The van der Waals surface area contributed by atoms with E-state index in [4.69, 9.17) is 4.74 Å². The van der Waals surface area contributed by atoms with Gasteiger partial charge in [0.05, 0.1) is 29.0 Å². The summed E-state index contributed by atoms with van der Waals surface area (Å²) in [7, 11) is 0. The molecular formula is C23H27N3O3S. The van der Waals surface area contributed by atoms with Gasteiger partial charge in [-0.3, -0.25) is 14.2 Å². The number of amides is 1. The van der Waals surface area contributed by atoms with E-state index in [0.717, 1.165) is 19.3 Å². The van der Waals surface area contributed by atoms with Crippen molar-refractivity contribution in [2.24, 2.45) is 0 Å². The van der Waals surface area contributed by atoms with Gasteiger partial charge in [-0.25, -0.2) is 4.98 Å². The number of carbonyl (C=O) groups is 1. The van der Waals surface area contributed by atoms with Crippen LogP contribution in [0.3, 0.4) is 0 Å². The summed E-state index contributed by atoms with van der Waals surface area (Å²) in [4.78, 5) is 30.3. The van der Waals surface area contributed by atoms with Crippen LogP contribution < -0.4 is 15.6 Å². The predicted molar refractivity (Wildman–Crippen MR) is 122 cm³/mol. The van der Waals surface area contributed by atoms with E-state index in [-0.39, 0.29) is 17.2 Å². The molecule has 1 heterocycles. The first-order chi connectivity index (χ1) is 14.7. The largest absolute Gasteiger partial charge is 0.492 e. The van der Waals surface area contributed by atoms with Crippen LogP contribution in [-0.4, -0.2) is 34.4 Å². The summed E-state index contributed by atoms with van der Waals surface area (Å²) in [6, 6.07) is 14.6. The molecule has 0 bridgehead atoms. The molecule has 0 fully saturated rings. The number of ether oxygens (including phenoxy) is 1. The van der Waals surface area contributed by atoms with Crippen LogP contribution in [0.4, 0.5) is 0 Å². The fraction of sp³-hybridized carbons (Fsp3) is 0.348. The summed E-state index contributed by atoms with van der Waals surface area (Å²) in [5.74, 6) is 0.724. The Morgan fingerprint density at radius 2 is 1.87 bits per heavy atom. The zero-order valence-corrected chi connectivity index (χ0v) is 18.2. The van der Waals surface area contributed by atoms with E-state index >= 15 is 0 Å². The fourth-order valence-electron chi connectivity index (χ4n) is 3.12. The monoisotopic (exact) mass is 425 g/mol. The maximum atomic E-state index is 13.3. The van der Waals surface area contributed by atoms with E-state index in [1.54, 1.807) is 10.6 Å². The molecule has 7 heteroatoms. The lowest BCUT2D eigenvalue weighted by Crippen LogP contribution is -2.27. The first-order valence-electron chi connectivity index (χ1n) is 10.3. The smallest absolute Gasteiger partial charge is 0.266 e. The number of nitrogens with zero attached hydrogens (tertiary/aromatic N) is 2. The summed E-state index contributed by atoms with van der Waals surface area (Å²) in [5.41, 5.74) is 1.05. The average molecular weight is 426 g/mol. The molecule has 158 valence electrons. The molecule has 0 aliphatic carbocycles. The van der Waals surface area contributed by atoms with Gasteiger partial charge in [0.2, 0.25) is 5.91 Å². The van der Waals surface area contributed by atoms with Gasteiger partial charge in [0.1, 0.15) is 5.75 Å². The van der Waals surface area contributed by atoms with Crippen molar-refractivity contribution in [3.63, 3.8) is 0 Å². The zero-order chi connectivity index (χ0) is 21.3. The van der Waals surface area contributed by atoms with Crippen molar-refractivity contribution in [3.8, 4) is 11.4 Å². The van der Waals surface area contributed by atoms with Crippen LogP contribution in [0.5, 0.6) is 5.75 Å². The Bertz CT molecular complexity index is 1060. The summed E-state index contributed by atoms with van der Waals surface area (Å²) >= 11 is 1.25. The zero-order valence-electron chi connectivity index (χ0n) is 17.4. The number of hydrogen-bond acceptors (Lipinski definition) is 5. The fourth-order valence-corrected chi connectivity index (χ4v) is 3.96. The minimum atomic E-state index is -0.182. The van der Waals surface area contributed by atoms with Crippen LogP contribution in [-0.2, 0) is 4.79 Å². The van der Waals surface area contributed by atoms with Crippen molar-refractivity contribution in [2.45, 2.75) is 38.3 Å². The summed E-state index contributed by atoms with van der Waals surface area (Å²) < 4.78 is 7.28. The van der Waals surface area contributed by atoms with Crippen molar-refractivity contribution in [1.82, 2.24) is 14.9 Å². The Morgan fingerprint density at radius 3 is 2.67 bits per heavy atom. The third-order valence-corrected chi connectivity index (χ3v) is 5.52. The summed E-state index contributed by atoms with van der Waals surface area (Å²) in [6.45, 7) is 5.17. The highest BCUT2D eigenvalue weighted by molar-refractivity contribution is 7.99. The van der Waals surface area contributed by atoms with Gasteiger partial charge in [-0.2, -0.15) is 0 Å². The van der Waals surface area contributed by atoms with Gasteiger partial charge in [-0.1, -0.05) is 55.8 Å². The molecule has 30 heavy (non-hydrogen) atoms. The molecule has 6 nitrogen and oxygen atoms in total. The van der Waals surface area contributed by atoms with Crippen molar-refractivity contribution in [3.05, 3.63) is 58.9 Å². The molecule has 0 atom stereocenters. The molecular weight excluding hydrogens is 398 g/mol. The number of thioether (sulfide) groups is 1. The van der Waals surface area contributed by atoms with Crippen LogP contribution >= 0.6 is 11.8 Å². The molecule has 1 aromatic heterocycles. The lowest BCUT2D eigenvalue weighted by molar-refractivity contribution is -0.118. The average Bonchev–Trinajstić information content (AvgIpc) is 2.76. The number of carbonyl (C=O) groups excluding carboxylic acids is 1. The van der Waals surface area contributed by atoms with Crippen molar-refractivity contribution >= 4 is 28.6 Å². The first kappa shape index (κ1) is 21.9. The third-order valence-electron chi connectivity index (χ3n) is 4.59. The number of rotatable bonds is 10. The SMILES string of the molecule is CCCCCNC(=O)CSc1nc2ccccc2c(=O)n1-c1ccccc1OCC. The van der Waals surface area contributed by atoms with Gasteiger partial charge in [0, 0.05) is 6.54 Å². The summed E-state index contributed by atoms with van der Waals surface area (Å²) in [5, 5.41) is 3.92. The number of aromatic nitrogens is 2. The molecule has 0 unspecified atom stereocenters. The molecule has 1 N–H and O–H groups in total. The number of benzene rings is 2. The Hall–Kier alpha value is -2.80. The minimum absolute atomic E-state index is 0.0665. The maximum Gasteiger partial charge on any atom is 0.266 e. The van der Waals surface area contributed by atoms with E-state index < -0.39 is 0 Å². The lowest BCUT2D eigenvalue weighted by Gasteiger charge is -2.16. The molecule has 3 aromatic rings. The van der Waals surface area contributed by atoms with Crippen molar-refractivity contribution < 1.29 is 9.53 Å². The van der Waals surface area contributed by atoms with Gasteiger partial charge >= 0.3 is 0 Å². The Balaban J connectivity index is 1.96. The van der Waals surface area contributed by atoms with Gasteiger partial charge < -0.3 is 10.1 Å². The number of hydrogen-bond donors (Lipinski definition) is 1. The molecule has 0 saturated heterocycles. The molecule has 3 rings (SSSR count). The Kier molecular flexibility index (Phi) is 7.90. The second-order valence-corrected chi connectivity index (χ2v) is 7.74. The molecule has 0 radical (unpaired) electrons. The highest BCUT2D eigenvalue weighted by Crippen LogP contribution is 2.27. The number of para-hydroxylation sites is 3. The minimum Gasteiger partial charge on any atom is -0.492 e. The van der Waals surface area contributed by atoms with E-state index in [9.17, 15) is 9.59 Å². The van der Waals surface area contributed by atoms with Crippen LogP contribution in [0.15, 0.2) is 58.5 Å². The van der Waals surface area contributed by atoms with Gasteiger partial charge in [-0.05, 0) is 37.6 Å². The highest BCUT2D eigenvalue weighted by Gasteiger charge is 2.17. The molecule has 0 aliphatic heterocycles. The van der Waals surface area contributed by atoms with Crippen LogP contribution in [0.1, 0.15) is 33.1 Å². The number of unbranched alkanes of at least 4 members (excludes halogenated alkanes) is 2. The van der Waals surface area contributed by atoms with Gasteiger partial charge in [-0.15, -0.1) is 0 Å². The van der Waals surface area contributed by atoms with E-state index in [1.165, 1.54) is 11.8 Å². The topological polar surface area (TPSA) is 73.2 Å². The van der Waals surface area contributed by atoms with Crippen molar-refractivity contribution in [1.29, 1.82) is 0 Å². The van der Waals surface area contributed by atoms with Gasteiger partial charge in [0.15, 0.2) is 5.16 Å². The first-order valence-corrected chi connectivity index (χ1v) is 11.3. The molecule has 2 aromatic carbocycles. The van der Waals surface area contributed by atoms with Crippen molar-refractivity contribution in [2.75, 3.05) is 18.9 Å². The molecule has 1 amide bonds. The molecule has 0 spiro atoms. The quantitative estimate of drug-likeness (QED) is 0.300. The second-order valence-electron chi connectivity index (χ2n) is 6.80. The molecule has 0 aliphatic rings. The lowest BCUT2D eigenvalue weighted by atomic mass is 10.2. The van der Waals surface area contributed by atoms with Crippen LogP contribution in [0.2, 0.25) is 0 Å². The second kappa shape index (κ2) is 10.8. The van der Waals surface area contributed by atoms with E-state index in [0.29, 0.717) is 40.6 Å². The Morgan fingerprint density at radius 1 is 1.10 bits per heavy atom. The highest BCUT2D eigenvalue weighted by atomic mass is 32.2. The summed E-state index contributed by atoms with van der Waals surface area (Å²) in [6.07, 6.45) is 3.16. The number of fused-ring (bicyclic) bond motifs is 1. The normalized spacial score (nSPS) is 10.9. The number of nitrogens with one attached hydrogen (secondary N) is 1.